The molecule has 0 saturated heterocycles. The van der Waals surface area contributed by atoms with E-state index in [9.17, 15) is 0 Å². The lowest BCUT2D eigenvalue weighted by molar-refractivity contribution is 0.125. The van der Waals surface area contributed by atoms with Crippen molar-refractivity contribution in [3.05, 3.63) is 34.4 Å². The number of nitrogens with zero attached hydrogens (tertiary/aromatic N) is 1. The summed E-state index contributed by atoms with van der Waals surface area (Å²) in [5.41, 5.74) is 2.33. The number of hydrogen-bond acceptors (Lipinski definition) is 2. The molecule has 16 heavy (non-hydrogen) atoms. The van der Waals surface area contributed by atoms with E-state index in [-0.39, 0.29) is 0 Å². The maximum absolute atomic E-state index is 5.15. The average molecular weight is 283 g/mol. The Hall–Kier alpha value is -0.840. The number of hydrogen-bond donors (Lipinski definition) is 1. The fourth-order valence-corrected chi connectivity index (χ4v) is 2.28. The molecule has 1 heterocycles. The van der Waals surface area contributed by atoms with Crippen LogP contribution in [-0.4, -0.2) is 4.57 Å². The van der Waals surface area contributed by atoms with Crippen LogP contribution in [0.15, 0.2) is 28.9 Å². The summed E-state index contributed by atoms with van der Waals surface area (Å²) in [5.74, 6) is 5.15. The van der Waals surface area contributed by atoms with Gasteiger partial charge in [0.05, 0.1) is 6.61 Å². The highest BCUT2D eigenvalue weighted by Crippen LogP contribution is 2.27. The second-order valence-electron chi connectivity index (χ2n) is 4.13. The molecule has 0 radical (unpaired) electrons. The maximum atomic E-state index is 5.15. The standard InChI is InChI=1S/C12H15BrN2O/c1-8(2)15-6-9(7-16-14)11-4-3-10(13)5-12(11)15/h3-6,8H,7,14H2,1-2H3. The minimum atomic E-state index is 0.420. The van der Waals surface area contributed by atoms with Crippen molar-refractivity contribution in [2.45, 2.75) is 26.5 Å². The van der Waals surface area contributed by atoms with E-state index in [0.717, 1.165) is 10.0 Å². The van der Waals surface area contributed by atoms with Gasteiger partial charge in [-0.1, -0.05) is 22.0 Å². The Morgan fingerprint density at radius 1 is 1.44 bits per heavy atom. The van der Waals surface area contributed by atoms with Gasteiger partial charge in [0.2, 0.25) is 0 Å². The molecule has 2 aromatic rings. The van der Waals surface area contributed by atoms with Gasteiger partial charge in [-0.15, -0.1) is 0 Å². The highest BCUT2D eigenvalue weighted by molar-refractivity contribution is 9.10. The van der Waals surface area contributed by atoms with Crippen LogP contribution >= 0.6 is 15.9 Å². The second kappa shape index (κ2) is 4.57. The van der Waals surface area contributed by atoms with Crippen LogP contribution in [-0.2, 0) is 11.4 Å². The third kappa shape index (κ3) is 2.00. The Labute approximate surface area is 103 Å². The summed E-state index contributed by atoms with van der Waals surface area (Å²) in [7, 11) is 0. The zero-order valence-corrected chi connectivity index (χ0v) is 11.0. The molecule has 0 atom stereocenters. The van der Waals surface area contributed by atoms with Crippen molar-refractivity contribution in [2.75, 3.05) is 0 Å². The first-order valence-corrected chi connectivity index (χ1v) is 6.03. The zero-order chi connectivity index (χ0) is 11.7. The quantitative estimate of drug-likeness (QED) is 0.877. The van der Waals surface area contributed by atoms with E-state index in [1.54, 1.807) is 0 Å². The molecule has 0 aliphatic heterocycles. The third-order valence-corrected chi connectivity index (χ3v) is 3.17. The van der Waals surface area contributed by atoms with Gasteiger partial charge >= 0.3 is 0 Å². The van der Waals surface area contributed by atoms with E-state index in [4.69, 9.17) is 10.7 Å². The van der Waals surface area contributed by atoms with Crippen LogP contribution in [0, 0.1) is 0 Å². The van der Waals surface area contributed by atoms with Crippen LogP contribution < -0.4 is 5.90 Å². The molecule has 86 valence electrons. The summed E-state index contributed by atoms with van der Waals surface area (Å²) in [6.45, 7) is 4.76. The largest absolute Gasteiger partial charge is 0.345 e. The van der Waals surface area contributed by atoms with Gasteiger partial charge in [-0.25, -0.2) is 5.90 Å². The summed E-state index contributed by atoms with van der Waals surface area (Å²) in [6, 6.07) is 6.66. The SMILES string of the molecule is CC(C)n1cc(CON)c2ccc(Br)cc21. The summed E-state index contributed by atoms with van der Waals surface area (Å²) >= 11 is 3.49. The minimum Gasteiger partial charge on any atom is -0.345 e. The summed E-state index contributed by atoms with van der Waals surface area (Å²) in [4.78, 5) is 4.73. The smallest absolute Gasteiger partial charge is 0.0950 e. The predicted molar refractivity (Wildman–Crippen MR) is 69.0 cm³/mol. The topological polar surface area (TPSA) is 40.2 Å². The first-order chi connectivity index (χ1) is 7.63. The molecule has 0 bridgehead atoms. The number of benzene rings is 1. The Bertz CT molecular complexity index is 505. The van der Waals surface area contributed by atoms with Crippen molar-refractivity contribution in [1.82, 2.24) is 4.57 Å². The number of aromatic nitrogens is 1. The lowest BCUT2D eigenvalue weighted by atomic mass is 10.2. The number of rotatable bonds is 3. The van der Waals surface area contributed by atoms with Crippen molar-refractivity contribution in [3.63, 3.8) is 0 Å². The molecule has 4 heteroatoms. The van der Waals surface area contributed by atoms with Crippen LogP contribution in [0.2, 0.25) is 0 Å². The van der Waals surface area contributed by atoms with E-state index in [2.05, 4.69) is 52.7 Å². The first-order valence-electron chi connectivity index (χ1n) is 5.24. The number of nitrogens with two attached hydrogens (primary N) is 1. The Balaban J connectivity index is 2.66. The van der Waals surface area contributed by atoms with Gasteiger partial charge in [0.25, 0.3) is 0 Å². The number of fused-ring (bicyclic) bond motifs is 1. The maximum Gasteiger partial charge on any atom is 0.0950 e. The fraction of sp³-hybridized carbons (Fsp3) is 0.333. The molecule has 3 nitrogen and oxygen atoms in total. The van der Waals surface area contributed by atoms with Crippen molar-refractivity contribution in [2.24, 2.45) is 5.90 Å². The molecule has 1 aromatic carbocycles. The highest BCUT2D eigenvalue weighted by atomic mass is 79.9. The fourth-order valence-electron chi connectivity index (χ4n) is 1.93. The summed E-state index contributed by atoms with van der Waals surface area (Å²) < 4.78 is 3.31. The highest BCUT2D eigenvalue weighted by Gasteiger charge is 2.10. The summed E-state index contributed by atoms with van der Waals surface area (Å²) in [6.07, 6.45) is 2.11. The second-order valence-corrected chi connectivity index (χ2v) is 5.04. The van der Waals surface area contributed by atoms with Gasteiger partial charge in [0, 0.05) is 33.2 Å². The molecule has 0 fully saturated rings. The van der Waals surface area contributed by atoms with Crippen LogP contribution in [0.3, 0.4) is 0 Å². The summed E-state index contributed by atoms with van der Waals surface area (Å²) in [5, 5.41) is 1.20. The molecule has 0 amide bonds. The predicted octanol–water partition coefficient (Wildman–Crippen LogP) is 3.38. The molecule has 0 aliphatic carbocycles. The van der Waals surface area contributed by atoms with Gasteiger partial charge in [0.15, 0.2) is 0 Å². The van der Waals surface area contributed by atoms with Crippen molar-refractivity contribution < 1.29 is 4.84 Å². The molecular formula is C12H15BrN2O. The van der Waals surface area contributed by atoms with E-state index >= 15 is 0 Å². The van der Waals surface area contributed by atoms with Crippen LogP contribution in [0.1, 0.15) is 25.5 Å². The van der Waals surface area contributed by atoms with E-state index in [1.165, 1.54) is 10.9 Å². The monoisotopic (exact) mass is 282 g/mol. The van der Waals surface area contributed by atoms with Gasteiger partial charge in [-0.05, 0) is 26.0 Å². The van der Waals surface area contributed by atoms with Gasteiger partial charge in [-0.2, -0.15) is 0 Å². The van der Waals surface area contributed by atoms with E-state index < -0.39 is 0 Å². The molecule has 2 N–H and O–H groups in total. The zero-order valence-electron chi connectivity index (χ0n) is 9.40. The van der Waals surface area contributed by atoms with Gasteiger partial charge < -0.3 is 4.57 Å². The van der Waals surface area contributed by atoms with Crippen LogP contribution in [0.4, 0.5) is 0 Å². The van der Waals surface area contributed by atoms with E-state index in [1.807, 2.05) is 6.07 Å². The van der Waals surface area contributed by atoms with Crippen molar-refractivity contribution >= 4 is 26.8 Å². The molecule has 2 rings (SSSR count). The van der Waals surface area contributed by atoms with Gasteiger partial charge in [-0.3, -0.25) is 4.84 Å². The Morgan fingerprint density at radius 2 is 2.19 bits per heavy atom. The molecule has 1 aromatic heterocycles. The lowest BCUT2D eigenvalue weighted by Gasteiger charge is -2.08. The minimum absolute atomic E-state index is 0.420. The van der Waals surface area contributed by atoms with Crippen LogP contribution in [0.25, 0.3) is 10.9 Å². The van der Waals surface area contributed by atoms with Gasteiger partial charge in [0.1, 0.15) is 0 Å². The Kier molecular flexibility index (Phi) is 3.33. The lowest BCUT2D eigenvalue weighted by Crippen LogP contribution is -1.99. The van der Waals surface area contributed by atoms with Crippen LogP contribution in [0.5, 0.6) is 0 Å². The third-order valence-electron chi connectivity index (χ3n) is 2.67. The molecule has 0 unspecified atom stereocenters. The van der Waals surface area contributed by atoms with Crippen molar-refractivity contribution in [1.29, 1.82) is 0 Å². The molecular weight excluding hydrogens is 268 g/mol. The molecule has 0 aliphatic rings. The molecule has 0 saturated carbocycles. The molecule has 0 spiro atoms. The first kappa shape index (κ1) is 11.6. The normalized spacial score (nSPS) is 11.6. The van der Waals surface area contributed by atoms with Crippen molar-refractivity contribution in [3.8, 4) is 0 Å². The Morgan fingerprint density at radius 3 is 2.81 bits per heavy atom. The van der Waals surface area contributed by atoms with E-state index in [0.29, 0.717) is 12.6 Å². The average Bonchev–Trinajstić information content (AvgIpc) is 2.57. The number of halogens is 1.